The van der Waals surface area contributed by atoms with E-state index in [1.165, 1.54) is 24.8 Å². The summed E-state index contributed by atoms with van der Waals surface area (Å²) in [6.07, 6.45) is 3.79. The monoisotopic (exact) mass is 177 g/mol. The molecular weight excluding hydrogens is 158 g/mol. The Hall–Kier alpha value is -0.820. The van der Waals surface area contributed by atoms with E-state index in [0.29, 0.717) is 6.04 Å². The van der Waals surface area contributed by atoms with Crippen molar-refractivity contribution in [2.24, 2.45) is 0 Å². The lowest BCUT2D eigenvalue weighted by Gasteiger charge is -2.15. The Morgan fingerprint density at radius 2 is 1.92 bits per heavy atom. The molecule has 0 fully saturated rings. The highest BCUT2D eigenvalue weighted by molar-refractivity contribution is 5.18. The van der Waals surface area contributed by atoms with Gasteiger partial charge >= 0.3 is 0 Å². The first-order chi connectivity index (χ1) is 6.38. The Morgan fingerprint density at radius 3 is 2.46 bits per heavy atom. The zero-order chi connectivity index (χ0) is 9.52. The predicted molar refractivity (Wildman–Crippen MR) is 57.8 cm³/mol. The number of benzene rings is 1. The molecule has 1 rings (SSSR count). The average Bonchev–Trinajstić information content (AvgIpc) is 2.21. The first-order valence-corrected chi connectivity index (χ1v) is 5.10. The molecule has 0 aromatic heterocycles. The SMILES string of the molecule is CCCC[C@@H](NC)c1ccccc1. The average molecular weight is 177 g/mol. The van der Waals surface area contributed by atoms with Crippen molar-refractivity contribution in [2.75, 3.05) is 7.05 Å². The zero-order valence-electron chi connectivity index (χ0n) is 8.59. The van der Waals surface area contributed by atoms with E-state index in [1.54, 1.807) is 0 Å². The minimum atomic E-state index is 0.529. The molecule has 1 nitrogen and oxygen atoms in total. The minimum Gasteiger partial charge on any atom is -0.313 e. The molecule has 0 aliphatic heterocycles. The molecule has 1 atom stereocenters. The van der Waals surface area contributed by atoms with E-state index in [2.05, 4.69) is 42.6 Å². The third kappa shape index (κ3) is 3.19. The maximum Gasteiger partial charge on any atom is 0.0317 e. The third-order valence-corrected chi connectivity index (χ3v) is 2.40. The van der Waals surface area contributed by atoms with Crippen molar-refractivity contribution >= 4 is 0 Å². The van der Waals surface area contributed by atoms with E-state index in [0.717, 1.165) is 0 Å². The van der Waals surface area contributed by atoms with E-state index in [1.807, 2.05) is 7.05 Å². The molecule has 0 aliphatic rings. The Labute approximate surface area is 81.2 Å². The Bertz CT molecular complexity index is 218. The molecule has 0 radical (unpaired) electrons. The Balaban J connectivity index is 2.56. The molecule has 72 valence electrons. The maximum atomic E-state index is 3.35. The standard InChI is InChI=1S/C12H19N/c1-3-4-10-12(13-2)11-8-6-5-7-9-11/h5-9,12-13H,3-4,10H2,1-2H3/t12-/m1/s1. The van der Waals surface area contributed by atoms with Gasteiger partial charge in [0, 0.05) is 6.04 Å². The molecule has 1 aromatic rings. The topological polar surface area (TPSA) is 12.0 Å². The van der Waals surface area contributed by atoms with E-state index < -0.39 is 0 Å². The summed E-state index contributed by atoms with van der Waals surface area (Å²) in [6, 6.07) is 11.2. The second-order valence-electron chi connectivity index (χ2n) is 3.39. The highest BCUT2D eigenvalue weighted by Gasteiger charge is 2.06. The molecule has 1 heteroatoms. The van der Waals surface area contributed by atoms with Gasteiger partial charge in [-0.25, -0.2) is 0 Å². The first kappa shape index (κ1) is 10.3. The highest BCUT2D eigenvalue weighted by Crippen LogP contribution is 2.17. The molecule has 13 heavy (non-hydrogen) atoms. The van der Waals surface area contributed by atoms with E-state index in [9.17, 15) is 0 Å². The van der Waals surface area contributed by atoms with Gasteiger partial charge < -0.3 is 5.32 Å². The van der Waals surface area contributed by atoms with E-state index in [-0.39, 0.29) is 0 Å². The zero-order valence-corrected chi connectivity index (χ0v) is 8.59. The number of rotatable bonds is 5. The highest BCUT2D eigenvalue weighted by atomic mass is 14.9. The fourth-order valence-corrected chi connectivity index (χ4v) is 1.57. The molecule has 1 aromatic carbocycles. The van der Waals surface area contributed by atoms with Crippen LogP contribution in [0.25, 0.3) is 0 Å². The number of hydrogen-bond donors (Lipinski definition) is 1. The van der Waals surface area contributed by atoms with Crippen LogP contribution in [0.3, 0.4) is 0 Å². The van der Waals surface area contributed by atoms with E-state index >= 15 is 0 Å². The van der Waals surface area contributed by atoms with Crippen LogP contribution in [0, 0.1) is 0 Å². The summed E-state index contributed by atoms with van der Waals surface area (Å²) in [5, 5.41) is 3.35. The smallest absolute Gasteiger partial charge is 0.0317 e. The van der Waals surface area contributed by atoms with Crippen LogP contribution in [0.15, 0.2) is 30.3 Å². The van der Waals surface area contributed by atoms with Crippen molar-refractivity contribution in [1.29, 1.82) is 0 Å². The van der Waals surface area contributed by atoms with Crippen LogP contribution in [-0.4, -0.2) is 7.05 Å². The van der Waals surface area contributed by atoms with Crippen molar-refractivity contribution in [3.63, 3.8) is 0 Å². The molecule has 0 amide bonds. The van der Waals surface area contributed by atoms with Gasteiger partial charge in [-0.1, -0.05) is 50.1 Å². The van der Waals surface area contributed by atoms with Gasteiger partial charge in [-0.15, -0.1) is 0 Å². The van der Waals surface area contributed by atoms with Crippen LogP contribution < -0.4 is 5.32 Å². The lowest BCUT2D eigenvalue weighted by Crippen LogP contribution is -2.15. The Morgan fingerprint density at radius 1 is 1.23 bits per heavy atom. The van der Waals surface area contributed by atoms with Crippen LogP contribution in [0.4, 0.5) is 0 Å². The normalized spacial score (nSPS) is 12.8. The van der Waals surface area contributed by atoms with E-state index in [4.69, 9.17) is 0 Å². The predicted octanol–water partition coefficient (Wildman–Crippen LogP) is 3.14. The first-order valence-electron chi connectivity index (χ1n) is 5.10. The summed E-state index contributed by atoms with van der Waals surface area (Å²) in [5.74, 6) is 0. The van der Waals surface area contributed by atoms with Gasteiger partial charge in [-0.05, 0) is 19.0 Å². The number of nitrogens with one attached hydrogen (secondary N) is 1. The van der Waals surface area contributed by atoms with Crippen LogP contribution >= 0.6 is 0 Å². The van der Waals surface area contributed by atoms with Gasteiger partial charge in [0.1, 0.15) is 0 Å². The fourth-order valence-electron chi connectivity index (χ4n) is 1.57. The second kappa shape index (κ2) is 5.76. The van der Waals surface area contributed by atoms with Crippen molar-refractivity contribution in [1.82, 2.24) is 5.32 Å². The van der Waals surface area contributed by atoms with Gasteiger partial charge in [-0.3, -0.25) is 0 Å². The van der Waals surface area contributed by atoms with Crippen molar-refractivity contribution < 1.29 is 0 Å². The molecule has 0 heterocycles. The molecule has 0 saturated heterocycles. The second-order valence-corrected chi connectivity index (χ2v) is 3.39. The molecular formula is C12H19N. The Kier molecular flexibility index (Phi) is 4.55. The molecule has 0 spiro atoms. The lowest BCUT2D eigenvalue weighted by atomic mass is 10.0. The van der Waals surface area contributed by atoms with Crippen molar-refractivity contribution in [3.05, 3.63) is 35.9 Å². The van der Waals surface area contributed by atoms with Crippen molar-refractivity contribution in [3.8, 4) is 0 Å². The summed E-state index contributed by atoms with van der Waals surface area (Å²) < 4.78 is 0. The molecule has 0 aliphatic carbocycles. The van der Waals surface area contributed by atoms with Gasteiger partial charge in [0.2, 0.25) is 0 Å². The van der Waals surface area contributed by atoms with Crippen LogP contribution in [0.2, 0.25) is 0 Å². The summed E-state index contributed by atoms with van der Waals surface area (Å²) in [7, 11) is 2.04. The van der Waals surface area contributed by atoms with Crippen molar-refractivity contribution in [2.45, 2.75) is 32.2 Å². The largest absolute Gasteiger partial charge is 0.313 e. The minimum absolute atomic E-state index is 0.529. The van der Waals surface area contributed by atoms with Crippen LogP contribution in [-0.2, 0) is 0 Å². The van der Waals surface area contributed by atoms with Gasteiger partial charge in [0.05, 0.1) is 0 Å². The summed E-state index contributed by atoms with van der Waals surface area (Å²) >= 11 is 0. The van der Waals surface area contributed by atoms with Crippen LogP contribution in [0.5, 0.6) is 0 Å². The van der Waals surface area contributed by atoms with Gasteiger partial charge in [0.15, 0.2) is 0 Å². The lowest BCUT2D eigenvalue weighted by molar-refractivity contribution is 0.523. The summed E-state index contributed by atoms with van der Waals surface area (Å²) in [4.78, 5) is 0. The molecule has 0 saturated carbocycles. The summed E-state index contributed by atoms with van der Waals surface area (Å²) in [5.41, 5.74) is 1.40. The number of unbranched alkanes of at least 4 members (excludes halogenated alkanes) is 1. The maximum absolute atomic E-state index is 3.35. The molecule has 0 bridgehead atoms. The summed E-state index contributed by atoms with van der Waals surface area (Å²) in [6.45, 7) is 2.23. The number of hydrogen-bond acceptors (Lipinski definition) is 1. The quantitative estimate of drug-likeness (QED) is 0.728. The van der Waals surface area contributed by atoms with Crippen LogP contribution in [0.1, 0.15) is 37.8 Å². The van der Waals surface area contributed by atoms with Gasteiger partial charge in [0.25, 0.3) is 0 Å². The molecule has 0 unspecified atom stereocenters. The van der Waals surface area contributed by atoms with Gasteiger partial charge in [-0.2, -0.15) is 0 Å². The third-order valence-electron chi connectivity index (χ3n) is 2.40. The molecule has 1 N–H and O–H groups in total. The fraction of sp³-hybridized carbons (Fsp3) is 0.500.